The second-order valence-corrected chi connectivity index (χ2v) is 6.11. The van der Waals surface area contributed by atoms with E-state index >= 15 is 0 Å². The molecule has 0 fully saturated rings. The number of hydrogen-bond acceptors (Lipinski definition) is 5. The van der Waals surface area contributed by atoms with Crippen LogP contribution in [-0.4, -0.2) is 21.0 Å². The van der Waals surface area contributed by atoms with Gasteiger partial charge in [0, 0.05) is 24.8 Å². The lowest BCUT2D eigenvalue weighted by Gasteiger charge is -2.14. The van der Waals surface area contributed by atoms with E-state index in [2.05, 4.69) is 39.4 Å². The van der Waals surface area contributed by atoms with E-state index in [1.807, 2.05) is 24.3 Å². The lowest BCUT2D eigenvalue weighted by Crippen LogP contribution is -2.16. The van der Waals surface area contributed by atoms with Gasteiger partial charge in [-0.3, -0.25) is 4.98 Å². The first-order valence-corrected chi connectivity index (χ1v) is 8.69. The van der Waals surface area contributed by atoms with E-state index in [0.29, 0.717) is 18.3 Å². The molecule has 0 aliphatic rings. The van der Waals surface area contributed by atoms with Crippen molar-refractivity contribution in [3.05, 3.63) is 66.1 Å². The summed E-state index contributed by atoms with van der Waals surface area (Å²) in [4.78, 5) is 13.5. The van der Waals surface area contributed by atoms with Crippen LogP contribution in [-0.2, 0) is 6.54 Å². The van der Waals surface area contributed by atoms with Crippen LogP contribution in [0.4, 0.5) is 16.2 Å². The van der Waals surface area contributed by atoms with Gasteiger partial charge in [0.1, 0.15) is 11.6 Å². The van der Waals surface area contributed by atoms with Gasteiger partial charge in [-0.2, -0.15) is 4.98 Å². The van der Waals surface area contributed by atoms with E-state index in [4.69, 9.17) is 0 Å². The lowest BCUT2D eigenvalue weighted by molar-refractivity contribution is 0.627. The van der Waals surface area contributed by atoms with Crippen LogP contribution in [0, 0.1) is 5.82 Å². The maximum atomic E-state index is 13.0. The van der Waals surface area contributed by atoms with Crippen molar-refractivity contribution >= 4 is 11.8 Å². The molecule has 0 amide bonds. The molecule has 0 bridgehead atoms. The molecule has 0 aliphatic heterocycles. The van der Waals surface area contributed by atoms with Gasteiger partial charge < -0.3 is 10.6 Å². The van der Waals surface area contributed by atoms with Crippen LogP contribution < -0.4 is 10.6 Å². The Hall–Kier alpha value is -3.02. The zero-order valence-corrected chi connectivity index (χ0v) is 14.9. The third-order valence-electron chi connectivity index (χ3n) is 4.03. The number of hydrogen-bond donors (Lipinski definition) is 2. The number of anilines is 2. The van der Waals surface area contributed by atoms with E-state index in [1.54, 1.807) is 18.3 Å². The molecule has 2 N–H and O–H groups in total. The summed E-state index contributed by atoms with van der Waals surface area (Å²) in [6.07, 6.45) is 2.71. The topological polar surface area (TPSA) is 62.7 Å². The highest BCUT2D eigenvalue weighted by molar-refractivity contribution is 5.61. The molecule has 0 aliphatic carbocycles. The van der Waals surface area contributed by atoms with E-state index in [1.165, 1.54) is 12.1 Å². The Morgan fingerprint density at radius 3 is 2.54 bits per heavy atom. The average Bonchev–Trinajstić information content (AvgIpc) is 2.68. The molecule has 0 saturated carbocycles. The van der Waals surface area contributed by atoms with Gasteiger partial charge in [0.25, 0.3) is 0 Å². The van der Waals surface area contributed by atoms with Crippen LogP contribution in [0.15, 0.2) is 54.7 Å². The fraction of sp³-hybridized carbons (Fsp3) is 0.250. The number of aromatic nitrogens is 3. The Kier molecular flexibility index (Phi) is 5.73. The molecule has 26 heavy (non-hydrogen) atoms. The molecule has 2 aromatic heterocycles. The number of pyridine rings is 1. The highest BCUT2D eigenvalue weighted by atomic mass is 19.1. The highest BCUT2D eigenvalue weighted by Crippen LogP contribution is 2.20. The van der Waals surface area contributed by atoms with E-state index in [0.717, 1.165) is 23.4 Å². The molecule has 0 unspecified atom stereocenters. The third kappa shape index (κ3) is 4.75. The monoisotopic (exact) mass is 351 g/mol. The zero-order valence-electron chi connectivity index (χ0n) is 14.9. The number of benzene rings is 1. The van der Waals surface area contributed by atoms with Crippen molar-refractivity contribution in [1.29, 1.82) is 0 Å². The first-order valence-electron chi connectivity index (χ1n) is 8.69. The molecule has 3 aromatic rings. The van der Waals surface area contributed by atoms with Crippen molar-refractivity contribution in [2.45, 2.75) is 32.9 Å². The van der Waals surface area contributed by atoms with Gasteiger partial charge in [-0.05, 0) is 43.2 Å². The summed E-state index contributed by atoms with van der Waals surface area (Å²) in [5.74, 6) is 1.01. The molecular formula is C20H22FN5. The van der Waals surface area contributed by atoms with Crippen LogP contribution >= 0.6 is 0 Å². The molecule has 3 rings (SSSR count). The van der Waals surface area contributed by atoms with Crippen molar-refractivity contribution in [2.75, 3.05) is 10.6 Å². The molecule has 1 atom stereocenters. The molecule has 1 aromatic carbocycles. The van der Waals surface area contributed by atoms with Gasteiger partial charge in [0.15, 0.2) is 0 Å². The van der Waals surface area contributed by atoms with Crippen LogP contribution in [0.5, 0.6) is 0 Å². The third-order valence-corrected chi connectivity index (χ3v) is 4.03. The van der Waals surface area contributed by atoms with Gasteiger partial charge in [0.2, 0.25) is 5.95 Å². The second-order valence-electron chi connectivity index (χ2n) is 6.11. The molecule has 0 saturated heterocycles. The van der Waals surface area contributed by atoms with Crippen LogP contribution in [0.1, 0.15) is 25.8 Å². The lowest BCUT2D eigenvalue weighted by atomic mass is 10.2. The van der Waals surface area contributed by atoms with Crippen molar-refractivity contribution in [3.63, 3.8) is 0 Å². The first kappa shape index (κ1) is 17.8. The Morgan fingerprint density at radius 1 is 1.04 bits per heavy atom. The summed E-state index contributed by atoms with van der Waals surface area (Å²) in [6, 6.07) is 14.3. The normalized spacial score (nSPS) is 11.8. The maximum absolute atomic E-state index is 13.0. The minimum absolute atomic E-state index is 0.242. The summed E-state index contributed by atoms with van der Waals surface area (Å²) >= 11 is 0. The summed E-state index contributed by atoms with van der Waals surface area (Å²) in [5.41, 5.74) is 2.50. The minimum Gasteiger partial charge on any atom is -0.366 e. The van der Waals surface area contributed by atoms with Gasteiger partial charge in [-0.15, -0.1) is 0 Å². The van der Waals surface area contributed by atoms with Crippen LogP contribution in [0.25, 0.3) is 11.4 Å². The summed E-state index contributed by atoms with van der Waals surface area (Å²) in [7, 11) is 0. The molecule has 6 heteroatoms. The molecule has 5 nitrogen and oxygen atoms in total. The second kappa shape index (κ2) is 8.38. The average molecular weight is 351 g/mol. The predicted molar refractivity (Wildman–Crippen MR) is 102 cm³/mol. The van der Waals surface area contributed by atoms with Gasteiger partial charge in [0.05, 0.1) is 11.4 Å². The van der Waals surface area contributed by atoms with Crippen molar-refractivity contribution in [3.8, 4) is 11.4 Å². The number of nitrogens with zero attached hydrogens (tertiary/aromatic N) is 3. The number of nitrogens with one attached hydrogen (secondary N) is 2. The Morgan fingerprint density at radius 2 is 1.85 bits per heavy atom. The van der Waals surface area contributed by atoms with Crippen molar-refractivity contribution in [1.82, 2.24) is 15.0 Å². The van der Waals surface area contributed by atoms with E-state index in [9.17, 15) is 4.39 Å². The molecule has 134 valence electrons. The highest BCUT2D eigenvalue weighted by Gasteiger charge is 2.09. The van der Waals surface area contributed by atoms with Crippen molar-refractivity contribution in [2.24, 2.45) is 0 Å². The molecule has 2 heterocycles. The summed E-state index contributed by atoms with van der Waals surface area (Å²) in [6.45, 7) is 4.73. The Bertz CT molecular complexity index is 837. The summed E-state index contributed by atoms with van der Waals surface area (Å²) in [5, 5.41) is 6.59. The number of halogens is 1. The van der Waals surface area contributed by atoms with Crippen molar-refractivity contribution < 1.29 is 4.39 Å². The maximum Gasteiger partial charge on any atom is 0.225 e. The van der Waals surface area contributed by atoms with Crippen LogP contribution in [0.2, 0.25) is 0 Å². The van der Waals surface area contributed by atoms with Gasteiger partial charge in [-0.25, -0.2) is 9.37 Å². The number of rotatable bonds is 7. The van der Waals surface area contributed by atoms with Gasteiger partial charge >= 0.3 is 0 Å². The standard InChI is InChI=1S/C20H22FN5/c1-3-14(2)24-20-25-18(17-6-4-5-11-22-17)12-19(26-20)23-13-15-7-9-16(21)10-8-15/h4-12,14H,3,13H2,1-2H3,(H2,23,24,25,26)/t14-/m0/s1. The zero-order chi connectivity index (χ0) is 18.4. The van der Waals surface area contributed by atoms with Crippen LogP contribution in [0.3, 0.4) is 0 Å². The fourth-order valence-electron chi connectivity index (χ4n) is 2.37. The molecular weight excluding hydrogens is 329 g/mol. The molecule has 0 radical (unpaired) electrons. The van der Waals surface area contributed by atoms with E-state index in [-0.39, 0.29) is 11.9 Å². The van der Waals surface area contributed by atoms with Gasteiger partial charge in [-0.1, -0.05) is 25.1 Å². The Balaban J connectivity index is 1.85. The molecule has 0 spiro atoms. The minimum atomic E-state index is -0.242. The summed E-state index contributed by atoms with van der Waals surface area (Å²) < 4.78 is 13.0. The predicted octanol–water partition coefficient (Wildman–Crippen LogP) is 4.50. The smallest absolute Gasteiger partial charge is 0.225 e. The largest absolute Gasteiger partial charge is 0.366 e. The quantitative estimate of drug-likeness (QED) is 0.656. The fourth-order valence-corrected chi connectivity index (χ4v) is 2.37. The first-order chi connectivity index (χ1) is 12.6. The SMILES string of the molecule is CC[C@H](C)Nc1nc(NCc2ccc(F)cc2)cc(-c2ccccn2)n1. The van der Waals surface area contributed by atoms with E-state index < -0.39 is 0 Å². The Labute approximate surface area is 152 Å².